The topological polar surface area (TPSA) is 62.7 Å². The summed E-state index contributed by atoms with van der Waals surface area (Å²) in [6.45, 7) is 0. The Morgan fingerprint density at radius 2 is 1.94 bits per heavy atom. The zero-order valence-electron chi connectivity index (χ0n) is 9.88. The molecule has 2 N–H and O–H groups in total. The summed E-state index contributed by atoms with van der Waals surface area (Å²) < 4.78 is 0. The fourth-order valence-corrected chi connectivity index (χ4v) is 1.69. The van der Waals surface area contributed by atoms with Crippen LogP contribution in [-0.4, -0.2) is 4.98 Å². The molecule has 0 saturated heterocycles. The average Bonchev–Trinajstić information content (AvgIpc) is 2.46. The van der Waals surface area contributed by atoms with E-state index in [9.17, 15) is 5.26 Å². The Morgan fingerprint density at radius 3 is 2.56 bits per heavy atom. The van der Waals surface area contributed by atoms with Crippen LogP contribution in [0.3, 0.4) is 0 Å². The maximum Gasteiger partial charge on any atom is 0.0972 e. The van der Waals surface area contributed by atoms with Gasteiger partial charge in [-0.1, -0.05) is 30.3 Å². The van der Waals surface area contributed by atoms with E-state index in [0.29, 0.717) is 17.7 Å². The van der Waals surface area contributed by atoms with Crippen molar-refractivity contribution in [1.82, 2.24) is 4.98 Å². The van der Waals surface area contributed by atoms with Crippen molar-refractivity contribution in [3.8, 4) is 6.07 Å². The average molecular weight is 235 g/mol. The van der Waals surface area contributed by atoms with Crippen molar-refractivity contribution < 1.29 is 0 Å². The molecular weight excluding hydrogens is 222 g/mol. The summed E-state index contributed by atoms with van der Waals surface area (Å²) >= 11 is 0. The monoisotopic (exact) mass is 235 g/mol. The van der Waals surface area contributed by atoms with E-state index < -0.39 is 0 Å². The fourth-order valence-electron chi connectivity index (χ4n) is 1.69. The molecule has 0 radical (unpaired) electrons. The van der Waals surface area contributed by atoms with Gasteiger partial charge in [0, 0.05) is 24.4 Å². The number of hydrogen-bond donors (Lipinski definition) is 1. The highest BCUT2D eigenvalue weighted by molar-refractivity contribution is 5.69. The van der Waals surface area contributed by atoms with Crippen molar-refractivity contribution >= 4 is 5.70 Å². The van der Waals surface area contributed by atoms with Crippen LogP contribution >= 0.6 is 0 Å². The number of nitrogens with zero attached hydrogens (tertiary/aromatic N) is 2. The highest BCUT2D eigenvalue weighted by Crippen LogP contribution is 2.16. The maximum atomic E-state index is 9.21. The van der Waals surface area contributed by atoms with Crippen molar-refractivity contribution in [3.63, 3.8) is 0 Å². The summed E-state index contributed by atoms with van der Waals surface area (Å²) in [5, 5.41) is 9.21. The Hall–Kier alpha value is -2.60. The largest absolute Gasteiger partial charge is 0.397 e. The summed E-state index contributed by atoms with van der Waals surface area (Å²) in [4.78, 5) is 4.01. The first-order valence-corrected chi connectivity index (χ1v) is 5.64. The summed E-state index contributed by atoms with van der Waals surface area (Å²) in [7, 11) is 0. The molecule has 2 rings (SSSR count). The Kier molecular flexibility index (Phi) is 3.72. The molecule has 0 amide bonds. The molecule has 0 saturated carbocycles. The van der Waals surface area contributed by atoms with Gasteiger partial charge < -0.3 is 5.73 Å². The highest BCUT2D eigenvalue weighted by atomic mass is 14.6. The first-order valence-electron chi connectivity index (χ1n) is 5.64. The third-order valence-electron chi connectivity index (χ3n) is 2.66. The molecule has 1 aromatic carbocycles. The van der Waals surface area contributed by atoms with Gasteiger partial charge in [0.25, 0.3) is 0 Å². The van der Waals surface area contributed by atoms with Crippen LogP contribution in [0.15, 0.2) is 60.4 Å². The predicted molar refractivity (Wildman–Crippen MR) is 71.1 cm³/mol. The summed E-state index contributed by atoms with van der Waals surface area (Å²) in [5.41, 5.74) is 8.93. The first-order chi connectivity index (χ1) is 8.81. The molecule has 3 nitrogen and oxygen atoms in total. The van der Waals surface area contributed by atoms with Gasteiger partial charge in [-0.2, -0.15) is 5.26 Å². The molecule has 0 bridgehead atoms. The minimum atomic E-state index is 0.495. The molecule has 0 aliphatic heterocycles. The van der Waals surface area contributed by atoms with Gasteiger partial charge in [0.1, 0.15) is 0 Å². The molecule has 18 heavy (non-hydrogen) atoms. The third kappa shape index (κ3) is 2.74. The van der Waals surface area contributed by atoms with Crippen LogP contribution in [0.4, 0.5) is 0 Å². The van der Waals surface area contributed by atoms with E-state index in [4.69, 9.17) is 5.73 Å². The van der Waals surface area contributed by atoms with Gasteiger partial charge in [0.2, 0.25) is 0 Å². The SMILES string of the molecule is N#C/C(Cc1ccccc1)=C(/N)c1cccnc1. The van der Waals surface area contributed by atoms with E-state index in [2.05, 4.69) is 11.1 Å². The lowest BCUT2D eigenvalue weighted by Gasteiger charge is -2.05. The predicted octanol–water partition coefficient (Wildman–Crippen LogP) is 2.52. The Morgan fingerprint density at radius 1 is 1.17 bits per heavy atom. The third-order valence-corrected chi connectivity index (χ3v) is 2.66. The minimum absolute atomic E-state index is 0.495. The highest BCUT2D eigenvalue weighted by Gasteiger charge is 2.06. The molecular formula is C15H13N3. The first kappa shape index (κ1) is 11.9. The molecule has 1 aromatic heterocycles. The molecule has 88 valence electrons. The van der Waals surface area contributed by atoms with E-state index in [-0.39, 0.29) is 0 Å². The second-order valence-electron chi connectivity index (χ2n) is 3.91. The number of nitrogens with two attached hydrogens (primary N) is 1. The van der Waals surface area contributed by atoms with Gasteiger partial charge in [0.15, 0.2) is 0 Å². The van der Waals surface area contributed by atoms with Crippen LogP contribution < -0.4 is 5.73 Å². The van der Waals surface area contributed by atoms with Crippen LogP contribution in [0.1, 0.15) is 11.1 Å². The fraction of sp³-hybridized carbons (Fsp3) is 0.0667. The van der Waals surface area contributed by atoms with E-state index >= 15 is 0 Å². The molecule has 0 atom stereocenters. The van der Waals surface area contributed by atoms with E-state index in [0.717, 1.165) is 11.1 Å². The lowest BCUT2D eigenvalue weighted by atomic mass is 10.0. The molecule has 1 heterocycles. The van der Waals surface area contributed by atoms with Crippen LogP contribution in [0.25, 0.3) is 5.70 Å². The number of aromatic nitrogens is 1. The van der Waals surface area contributed by atoms with E-state index in [1.165, 1.54) is 0 Å². The molecule has 2 aromatic rings. The molecule has 0 fully saturated rings. The van der Waals surface area contributed by atoms with Gasteiger partial charge >= 0.3 is 0 Å². The minimum Gasteiger partial charge on any atom is -0.397 e. The van der Waals surface area contributed by atoms with Crippen molar-refractivity contribution in [1.29, 1.82) is 5.26 Å². The van der Waals surface area contributed by atoms with Crippen molar-refractivity contribution in [3.05, 3.63) is 71.6 Å². The quantitative estimate of drug-likeness (QED) is 0.831. The maximum absolute atomic E-state index is 9.21. The number of benzene rings is 1. The zero-order valence-corrected chi connectivity index (χ0v) is 9.88. The van der Waals surface area contributed by atoms with Crippen molar-refractivity contribution in [2.45, 2.75) is 6.42 Å². The number of pyridine rings is 1. The van der Waals surface area contributed by atoms with Crippen LogP contribution in [0.5, 0.6) is 0 Å². The summed E-state index contributed by atoms with van der Waals surface area (Å²) in [6, 6.07) is 15.6. The standard InChI is InChI=1S/C15H13N3/c16-10-14(9-12-5-2-1-3-6-12)15(17)13-7-4-8-18-11-13/h1-8,11H,9,17H2/b15-14+. The van der Waals surface area contributed by atoms with Crippen LogP contribution in [0.2, 0.25) is 0 Å². The Labute approximate surface area is 106 Å². The molecule has 0 aliphatic carbocycles. The smallest absolute Gasteiger partial charge is 0.0972 e. The van der Waals surface area contributed by atoms with Crippen molar-refractivity contribution in [2.24, 2.45) is 5.73 Å². The van der Waals surface area contributed by atoms with Gasteiger partial charge in [-0.05, 0) is 17.7 Å². The Balaban J connectivity index is 2.31. The molecule has 0 aliphatic rings. The van der Waals surface area contributed by atoms with Gasteiger partial charge in [-0.25, -0.2) is 0 Å². The second kappa shape index (κ2) is 5.65. The van der Waals surface area contributed by atoms with Gasteiger partial charge in [-0.3, -0.25) is 4.98 Å². The van der Waals surface area contributed by atoms with Gasteiger partial charge in [-0.15, -0.1) is 0 Å². The number of nitriles is 1. The van der Waals surface area contributed by atoms with E-state index in [1.54, 1.807) is 18.5 Å². The number of rotatable bonds is 3. The number of hydrogen-bond acceptors (Lipinski definition) is 3. The lowest BCUT2D eigenvalue weighted by Crippen LogP contribution is -2.03. The molecule has 0 unspecified atom stereocenters. The van der Waals surface area contributed by atoms with Gasteiger partial charge in [0.05, 0.1) is 17.3 Å². The summed E-state index contributed by atoms with van der Waals surface area (Å²) in [6.07, 6.45) is 3.88. The molecule has 3 heteroatoms. The molecule has 0 spiro atoms. The summed E-state index contributed by atoms with van der Waals surface area (Å²) in [5.74, 6) is 0. The lowest BCUT2D eigenvalue weighted by molar-refractivity contribution is 1.18. The number of allylic oxidation sites excluding steroid dienone is 1. The van der Waals surface area contributed by atoms with E-state index in [1.807, 2.05) is 36.4 Å². The zero-order chi connectivity index (χ0) is 12.8. The second-order valence-corrected chi connectivity index (χ2v) is 3.91. The van der Waals surface area contributed by atoms with Crippen LogP contribution in [-0.2, 0) is 6.42 Å². The van der Waals surface area contributed by atoms with Crippen molar-refractivity contribution in [2.75, 3.05) is 0 Å². The normalized spacial score (nSPS) is 11.5. The van der Waals surface area contributed by atoms with Crippen LogP contribution in [0, 0.1) is 11.3 Å². The Bertz CT molecular complexity index is 580.